The minimum atomic E-state index is 0.198. The number of fused-ring (bicyclic) bond motifs is 1. The largest absolute Gasteiger partial charge is 0.497 e. The third kappa shape index (κ3) is 5.46. The summed E-state index contributed by atoms with van der Waals surface area (Å²) in [6.45, 7) is 4.32. The van der Waals surface area contributed by atoms with Crippen LogP contribution in [0, 0.1) is 5.92 Å². The topological polar surface area (TPSA) is 44.8 Å². The molecule has 152 valence electrons. The quantitative estimate of drug-likeness (QED) is 0.761. The highest BCUT2D eigenvalue weighted by atomic mass is 16.5. The van der Waals surface area contributed by atoms with E-state index in [1.54, 1.807) is 7.11 Å². The molecule has 0 atom stereocenters. The molecule has 0 aliphatic carbocycles. The lowest BCUT2D eigenvalue weighted by atomic mass is 9.93. The van der Waals surface area contributed by atoms with E-state index in [0.29, 0.717) is 13.1 Å². The molecule has 0 saturated carbocycles. The molecule has 2 aromatic rings. The van der Waals surface area contributed by atoms with Gasteiger partial charge in [0.05, 0.1) is 13.7 Å². The fraction of sp³-hybridized carbons (Fsp3) is 0.522. The van der Waals surface area contributed by atoms with Crippen molar-refractivity contribution in [2.24, 2.45) is 5.92 Å². The molecule has 5 heteroatoms. The molecule has 0 unspecified atom stereocenters. The van der Waals surface area contributed by atoms with Crippen LogP contribution in [0.1, 0.15) is 24.8 Å². The Morgan fingerprint density at radius 3 is 2.61 bits per heavy atom. The normalized spacial score (nSPS) is 15.7. The molecule has 1 N–H and O–H groups in total. The number of hydrogen-bond acceptors (Lipinski definition) is 4. The average Bonchev–Trinajstić information content (AvgIpc) is 2.72. The van der Waals surface area contributed by atoms with E-state index in [-0.39, 0.29) is 5.91 Å². The van der Waals surface area contributed by atoms with Crippen LogP contribution >= 0.6 is 0 Å². The minimum absolute atomic E-state index is 0.198. The van der Waals surface area contributed by atoms with E-state index in [1.165, 1.54) is 24.6 Å². The number of benzene rings is 2. The Morgan fingerprint density at radius 1 is 1.18 bits per heavy atom. The van der Waals surface area contributed by atoms with Gasteiger partial charge in [0.1, 0.15) is 5.75 Å². The van der Waals surface area contributed by atoms with Gasteiger partial charge in [0.25, 0.3) is 0 Å². The van der Waals surface area contributed by atoms with Crippen LogP contribution < -0.4 is 10.1 Å². The number of carbonyl (C=O) groups excluding carboxylic acids is 1. The van der Waals surface area contributed by atoms with Gasteiger partial charge in [-0.25, -0.2) is 0 Å². The predicted molar refractivity (Wildman–Crippen MR) is 115 cm³/mol. The number of nitrogens with one attached hydrogen (secondary N) is 1. The Bertz CT molecular complexity index is 785. The first-order valence-electron chi connectivity index (χ1n) is 10.3. The highest BCUT2D eigenvalue weighted by molar-refractivity contribution is 5.84. The molecule has 5 nitrogen and oxygen atoms in total. The lowest BCUT2D eigenvalue weighted by Gasteiger charge is -2.32. The molecule has 1 aliphatic heterocycles. The van der Waals surface area contributed by atoms with Crippen molar-refractivity contribution in [3.8, 4) is 5.75 Å². The summed E-state index contributed by atoms with van der Waals surface area (Å²) >= 11 is 0. The number of hydrogen-bond donors (Lipinski definition) is 1. The zero-order valence-electron chi connectivity index (χ0n) is 17.4. The number of carbonyl (C=O) groups is 1. The Kier molecular flexibility index (Phi) is 7.29. The lowest BCUT2D eigenvalue weighted by Crippen LogP contribution is -2.42. The van der Waals surface area contributed by atoms with Gasteiger partial charge in [-0.3, -0.25) is 9.69 Å². The monoisotopic (exact) mass is 383 g/mol. The second-order valence-electron chi connectivity index (χ2n) is 7.91. The molecule has 28 heavy (non-hydrogen) atoms. The van der Waals surface area contributed by atoms with Gasteiger partial charge in [-0.15, -0.1) is 0 Å². The number of nitrogens with zero attached hydrogens (tertiary/aromatic N) is 2. The van der Waals surface area contributed by atoms with Crippen molar-refractivity contribution in [3.05, 3.63) is 42.0 Å². The van der Waals surface area contributed by atoms with Gasteiger partial charge in [0, 0.05) is 13.6 Å². The van der Waals surface area contributed by atoms with Crippen molar-refractivity contribution >= 4 is 16.7 Å². The van der Waals surface area contributed by atoms with Crippen LogP contribution in [0.25, 0.3) is 10.8 Å². The van der Waals surface area contributed by atoms with Crippen LogP contribution in [0.3, 0.4) is 0 Å². The van der Waals surface area contributed by atoms with Crippen LogP contribution in [0.4, 0.5) is 0 Å². The molecule has 0 radical (unpaired) electrons. The average molecular weight is 384 g/mol. The Hall–Kier alpha value is -2.11. The molecule has 0 aromatic heterocycles. The van der Waals surface area contributed by atoms with Crippen molar-refractivity contribution in [1.82, 2.24) is 15.1 Å². The number of piperidine rings is 1. The van der Waals surface area contributed by atoms with E-state index in [1.807, 2.05) is 31.1 Å². The van der Waals surface area contributed by atoms with E-state index in [0.717, 1.165) is 42.3 Å². The molecule has 3 rings (SSSR count). The number of methoxy groups -OCH3 is 1. The Balaban J connectivity index is 1.51. The third-order valence-electron chi connectivity index (χ3n) is 5.83. The van der Waals surface area contributed by atoms with Crippen LogP contribution in [0.5, 0.6) is 5.75 Å². The lowest BCUT2D eigenvalue weighted by molar-refractivity contribution is -0.132. The third-order valence-corrected chi connectivity index (χ3v) is 5.83. The van der Waals surface area contributed by atoms with Crippen LogP contribution in [0.15, 0.2) is 36.4 Å². The SMILES string of the molecule is CNCCC1CCN(CC(=O)N(C)Cc2ccc3cc(OC)ccc3c2)CC1. The molecule has 1 saturated heterocycles. The number of likely N-dealkylation sites (tertiary alicyclic amines) is 1. The number of likely N-dealkylation sites (N-methyl/N-ethyl adjacent to an activating group) is 1. The van der Waals surface area contributed by atoms with Gasteiger partial charge in [-0.05, 0) is 86.4 Å². The summed E-state index contributed by atoms with van der Waals surface area (Å²) in [5, 5.41) is 5.55. The Labute approximate surface area is 168 Å². The van der Waals surface area contributed by atoms with E-state index >= 15 is 0 Å². The maximum Gasteiger partial charge on any atom is 0.236 e. The molecule has 1 fully saturated rings. The van der Waals surface area contributed by atoms with Gasteiger partial charge in [0.2, 0.25) is 5.91 Å². The standard InChI is InChI=1S/C23H33N3O2/c1-24-11-8-18-9-12-26(13-10-18)17-23(27)25(2)16-19-4-5-21-15-22(28-3)7-6-20(21)14-19/h4-7,14-15,18,24H,8-13,16-17H2,1-3H3. The molecule has 1 amide bonds. The van der Waals surface area contributed by atoms with Crippen molar-refractivity contribution in [3.63, 3.8) is 0 Å². The summed E-state index contributed by atoms with van der Waals surface area (Å²) in [6.07, 6.45) is 3.64. The minimum Gasteiger partial charge on any atom is -0.497 e. The molecule has 1 aliphatic rings. The number of rotatable bonds is 8. The Morgan fingerprint density at radius 2 is 1.89 bits per heavy atom. The fourth-order valence-electron chi connectivity index (χ4n) is 3.95. The van der Waals surface area contributed by atoms with E-state index in [9.17, 15) is 4.79 Å². The molecule has 1 heterocycles. The van der Waals surface area contributed by atoms with Crippen LogP contribution in [-0.4, -0.2) is 63.1 Å². The van der Waals surface area contributed by atoms with Gasteiger partial charge in [0.15, 0.2) is 0 Å². The summed E-state index contributed by atoms with van der Waals surface area (Å²) in [5.74, 6) is 1.86. The van der Waals surface area contributed by atoms with Crippen molar-refractivity contribution in [1.29, 1.82) is 0 Å². The van der Waals surface area contributed by atoms with Gasteiger partial charge in [-0.1, -0.05) is 18.2 Å². The molecular weight excluding hydrogens is 350 g/mol. The zero-order valence-corrected chi connectivity index (χ0v) is 17.4. The maximum atomic E-state index is 12.7. The molecule has 2 aromatic carbocycles. The molecule has 0 bridgehead atoms. The van der Waals surface area contributed by atoms with E-state index in [4.69, 9.17) is 4.74 Å². The smallest absolute Gasteiger partial charge is 0.236 e. The number of amides is 1. The second kappa shape index (κ2) is 9.89. The summed E-state index contributed by atoms with van der Waals surface area (Å²) in [7, 11) is 5.59. The summed E-state index contributed by atoms with van der Waals surface area (Å²) in [5.41, 5.74) is 1.15. The second-order valence-corrected chi connectivity index (χ2v) is 7.91. The molecular formula is C23H33N3O2. The highest BCUT2D eigenvalue weighted by Crippen LogP contribution is 2.23. The van der Waals surface area contributed by atoms with Crippen molar-refractivity contribution in [2.45, 2.75) is 25.8 Å². The zero-order chi connectivity index (χ0) is 19.9. The van der Waals surface area contributed by atoms with Crippen molar-refractivity contribution in [2.75, 3.05) is 47.4 Å². The highest BCUT2D eigenvalue weighted by Gasteiger charge is 2.21. The van der Waals surface area contributed by atoms with Gasteiger partial charge >= 0.3 is 0 Å². The summed E-state index contributed by atoms with van der Waals surface area (Å²) < 4.78 is 5.29. The van der Waals surface area contributed by atoms with E-state index < -0.39 is 0 Å². The first kappa shape index (κ1) is 20.6. The summed E-state index contributed by atoms with van der Waals surface area (Å²) in [4.78, 5) is 16.8. The van der Waals surface area contributed by atoms with Crippen molar-refractivity contribution < 1.29 is 9.53 Å². The molecule has 0 spiro atoms. The fourth-order valence-corrected chi connectivity index (χ4v) is 3.95. The van der Waals surface area contributed by atoms with Crippen LogP contribution in [-0.2, 0) is 11.3 Å². The van der Waals surface area contributed by atoms with E-state index in [2.05, 4.69) is 34.5 Å². The predicted octanol–water partition coefficient (Wildman–Crippen LogP) is 3.13. The first-order chi connectivity index (χ1) is 13.6. The maximum absolute atomic E-state index is 12.7. The van der Waals surface area contributed by atoms with Gasteiger partial charge < -0.3 is 15.0 Å². The van der Waals surface area contributed by atoms with Gasteiger partial charge in [-0.2, -0.15) is 0 Å². The summed E-state index contributed by atoms with van der Waals surface area (Å²) in [6, 6.07) is 12.4. The number of ether oxygens (including phenoxy) is 1. The first-order valence-corrected chi connectivity index (χ1v) is 10.3. The van der Waals surface area contributed by atoms with Crippen LogP contribution in [0.2, 0.25) is 0 Å².